The number of ether oxygens (including phenoxy) is 1. The minimum atomic E-state index is -0.457. The van der Waals surface area contributed by atoms with Gasteiger partial charge in [-0.15, -0.1) is 0 Å². The SMILES string of the molecule is CCc1ccc(O[C@@H](CC)C(=O)N[C@@H]2CCCc3ccccc32)cc1. The molecule has 2 atom stereocenters. The van der Waals surface area contributed by atoms with Crippen molar-refractivity contribution in [3.05, 3.63) is 65.2 Å². The van der Waals surface area contributed by atoms with E-state index in [0.29, 0.717) is 6.42 Å². The molecule has 2 aromatic carbocycles. The van der Waals surface area contributed by atoms with Gasteiger partial charge in [-0.3, -0.25) is 4.79 Å². The average Bonchev–Trinajstić information content (AvgIpc) is 2.66. The highest BCUT2D eigenvalue weighted by Gasteiger charge is 2.25. The van der Waals surface area contributed by atoms with Crippen LogP contribution in [-0.2, 0) is 17.6 Å². The number of aryl methyl sites for hydroxylation is 2. The second-order valence-electron chi connectivity index (χ2n) is 6.66. The third kappa shape index (κ3) is 4.22. The van der Waals surface area contributed by atoms with Gasteiger partial charge in [-0.25, -0.2) is 0 Å². The van der Waals surface area contributed by atoms with Crippen LogP contribution in [0.2, 0.25) is 0 Å². The topological polar surface area (TPSA) is 38.3 Å². The molecular formula is C22H27NO2. The summed E-state index contributed by atoms with van der Waals surface area (Å²) in [6.45, 7) is 4.11. The number of rotatable bonds is 6. The molecule has 3 rings (SSSR count). The Hall–Kier alpha value is -2.29. The molecule has 1 aliphatic carbocycles. The van der Waals surface area contributed by atoms with Crippen molar-refractivity contribution in [2.45, 2.75) is 58.1 Å². The van der Waals surface area contributed by atoms with Gasteiger partial charge < -0.3 is 10.1 Å². The Kier molecular flexibility index (Phi) is 5.75. The van der Waals surface area contributed by atoms with Gasteiger partial charge in [0.2, 0.25) is 0 Å². The normalized spacial score (nSPS) is 17.4. The highest BCUT2D eigenvalue weighted by Crippen LogP contribution is 2.29. The monoisotopic (exact) mass is 337 g/mol. The number of nitrogens with one attached hydrogen (secondary N) is 1. The molecule has 2 aromatic rings. The van der Waals surface area contributed by atoms with Crippen LogP contribution in [0.4, 0.5) is 0 Å². The van der Waals surface area contributed by atoms with Crippen LogP contribution in [0, 0.1) is 0 Å². The summed E-state index contributed by atoms with van der Waals surface area (Å²) in [5.41, 5.74) is 3.87. The number of carbonyl (C=O) groups excluding carboxylic acids is 1. The van der Waals surface area contributed by atoms with Gasteiger partial charge in [0.05, 0.1) is 6.04 Å². The molecule has 0 saturated carbocycles. The Labute approximate surface area is 150 Å². The predicted molar refractivity (Wildman–Crippen MR) is 101 cm³/mol. The molecule has 0 fully saturated rings. The van der Waals surface area contributed by atoms with Crippen molar-refractivity contribution >= 4 is 5.91 Å². The largest absolute Gasteiger partial charge is 0.481 e. The molecule has 1 N–H and O–H groups in total. The Morgan fingerprint density at radius 1 is 1.16 bits per heavy atom. The van der Waals surface area contributed by atoms with Crippen molar-refractivity contribution < 1.29 is 9.53 Å². The summed E-state index contributed by atoms with van der Waals surface area (Å²) >= 11 is 0. The first-order valence-corrected chi connectivity index (χ1v) is 9.35. The van der Waals surface area contributed by atoms with E-state index in [4.69, 9.17) is 4.74 Å². The molecule has 0 aliphatic heterocycles. The smallest absolute Gasteiger partial charge is 0.261 e. The Balaban J connectivity index is 1.66. The van der Waals surface area contributed by atoms with Gasteiger partial charge in [-0.2, -0.15) is 0 Å². The molecule has 0 radical (unpaired) electrons. The zero-order valence-electron chi connectivity index (χ0n) is 15.1. The van der Waals surface area contributed by atoms with E-state index in [9.17, 15) is 4.79 Å². The van der Waals surface area contributed by atoms with Crippen LogP contribution in [0.15, 0.2) is 48.5 Å². The molecule has 0 saturated heterocycles. The molecule has 1 aliphatic rings. The van der Waals surface area contributed by atoms with Gasteiger partial charge >= 0.3 is 0 Å². The average molecular weight is 337 g/mol. The van der Waals surface area contributed by atoms with Gasteiger partial charge in [-0.05, 0) is 60.9 Å². The van der Waals surface area contributed by atoms with Crippen LogP contribution in [0.25, 0.3) is 0 Å². The molecular weight excluding hydrogens is 310 g/mol. The fourth-order valence-electron chi connectivity index (χ4n) is 3.46. The zero-order valence-corrected chi connectivity index (χ0v) is 15.1. The fourth-order valence-corrected chi connectivity index (χ4v) is 3.46. The van der Waals surface area contributed by atoms with Gasteiger partial charge in [-0.1, -0.05) is 50.2 Å². The summed E-state index contributed by atoms with van der Waals surface area (Å²) in [6, 6.07) is 16.5. The van der Waals surface area contributed by atoms with Crippen molar-refractivity contribution in [1.29, 1.82) is 0 Å². The van der Waals surface area contributed by atoms with E-state index in [1.165, 1.54) is 16.7 Å². The van der Waals surface area contributed by atoms with Crippen molar-refractivity contribution in [2.75, 3.05) is 0 Å². The van der Waals surface area contributed by atoms with Gasteiger partial charge in [0, 0.05) is 0 Å². The first-order valence-electron chi connectivity index (χ1n) is 9.35. The maximum absolute atomic E-state index is 12.7. The molecule has 25 heavy (non-hydrogen) atoms. The zero-order chi connectivity index (χ0) is 17.6. The summed E-state index contributed by atoms with van der Waals surface area (Å²) < 4.78 is 5.94. The van der Waals surface area contributed by atoms with E-state index >= 15 is 0 Å². The molecule has 0 aromatic heterocycles. The van der Waals surface area contributed by atoms with Crippen molar-refractivity contribution in [1.82, 2.24) is 5.32 Å². The fraction of sp³-hybridized carbons (Fsp3) is 0.409. The molecule has 0 unspecified atom stereocenters. The van der Waals surface area contributed by atoms with E-state index in [-0.39, 0.29) is 11.9 Å². The van der Waals surface area contributed by atoms with Crippen molar-refractivity contribution in [3.8, 4) is 5.75 Å². The number of carbonyl (C=O) groups is 1. The Morgan fingerprint density at radius 3 is 2.64 bits per heavy atom. The predicted octanol–water partition coefficient (Wildman–Crippen LogP) is 4.60. The number of amides is 1. The standard InChI is InChI=1S/C22H27NO2/c1-3-16-12-14-18(15-13-16)25-21(4-2)22(24)23-20-11-7-9-17-8-5-6-10-19(17)20/h5-6,8,10,12-15,20-21H,3-4,7,9,11H2,1-2H3,(H,23,24)/t20-,21+/m1/s1. The third-order valence-electron chi connectivity index (χ3n) is 4.96. The van der Waals surface area contributed by atoms with Crippen LogP contribution in [0.1, 0.15) is 55.8 Å². The highest BCUT2D eigenvalue weighted by atomic mass is 16.5. The first-order chi connectivity index (χ1) is 12.2. The Morgan fingerprint density at radius 2 is 1.92 bits per heavy atom. The second-order valence-corrected chi connectivity index (χ2v) is 6.66. The lowest BCUT2D eigenvalue weighted by atomic mass is 9.87. The number of hydrogen-bond donors (Lipinski definition) is 1. The van der Waals surface area contributed by atoms with Crippen LogP contribution in [-0.4, -0.2) is 12.0 Å². The van der Waals surface area contributed by atoms with Crippen LogP contribution >= 0.6 is 0 Å². The van der Waals surface area contributed by atoms with Crippen LogP contribution < -0.4 is 10.1 Å². The summed E-state index contributed by atoms with van der Waals surface area (Å²) in [6.07, 6.45) is 4.39. The summed E-state index contributed by atoms with van der Waals surface area (Å²) in [7, 11) is 0. The Bertz CT molecular complexity index is 708. The summed E-state index contributed by atoms with van der Waals surface area (Å²) in [5, 5.41) is 3.20. The molecule has 0 bridgehead atoms. The van der Waals surface area contributed by atoms with Crippen LogP contribution in [0.3, 0.4) is 0 Å². The number of fused-ring (bicyclic) bond motifs is 1. The minimum Gasteiger partial charge on any atom is -0.481 e. The van der Waals surface area contributed by atoms with Crippen LogP contribution in [0.5, 0.6) is 5.75 Å². The maximum Gasteiger partial charge on any atom is 0.261 e. The number of hydrogen-bond acceptors (Lipinski definition) is 2. The van der Waals surface area contributed by atoms with E-state index in [2.05, 4.69) is 42.6 Å². The highest BCUT2D eigenvalue weighted by molar-refractivity contribution is 5.81. The molecule has 3 nitrogen and oxygen atoms in total. The van der Waals surface area contributed by atoms with Gasteiger partial charge in [0.15, 0.2) is 6.10 Å². The molecule has 0 heterocycles. The van der Waals surface area contributed by atoms with Gasteiger partial charge in [0.25, 0.3) is 5.91 Å². The lowest BCUT2D eigenvalue weighted by Gasteiger charge is -2.28. The second kappa shape index (κ2) is 8.19. The van der Waals surface area contributed by atoms with E-state index in [1.54, 1.807) is 0 Å². The van der Waals surface area contributed by atoms with Crippen molar-refractivity contribution in [2.24, 2.45) is 0 Å². The minimum absolute atomic E-state index is 0.0243. The molecule has 3 heteroatoms. The first kappa shape index (κ1) is 17.5. The maximum atomic E-state index is 12.7. The molecule has 0 spiro atoms. The molecule has 1 amide bonds. The number of benzene rings is 2. The van der Waals surface area contributed by atoms with Gasteiger partial charge in [0.1, 0.15) is 5.75 Å². The lowest BCUT2D eigenvalue weighted by Crippen LogP contribution is -2.40. The van der Waals surface area contributed by atoms with Crippen molar-refractivity contribution in [3.63, 3.8) is 0 Å². The summed E-state index contributed by atoms with van der Waals surface area (Å²) in [4.78, 5) is 12.7. The lowest BCUT2D eigenvalue weighted by molar-refractivity contribution is -0.129. The summed E-state index contributed by atoms with van der Waals surface area (Å²) in [5.74, 6) is 0.729. The molecule has 132 valence electrons. The van der Waals surface area contributed by atoms with E-state index in [1.807, 2.05) is 25.1 Å². The quantitative estimate of drug-likeness (QED) is 0.836. The van der Waals surface area contributed by atoms with E-state index < -0.39 is 6.10 Å². The van der Waals surface area contributed by atoms with E-state index in [0.717, 1.165) is 31.4 Å². The third-order valence-corrected chi connectivity index (χ3v) is 4.96.